The molecule has 0 spiro atoms. The number of hydrogen-bond acceptors (Lipinski definition) is 6. The van der Waals surface area contributed by atoms with Crippen molar-refractivity contribution in [2.24, 2.45) is 0 Å². The van der Waals surface area contributed by atoms with Crippen molar-refractivity contribution >= 4 is 11.8 Å². The van der Waals surface area contributed by atoms with Gasteiger partial charge in [-0.05, 0) is 19.1 Å². The summed E-state index contributed by atoms with van der Waals surface area (Å²) in [4.78, 5) is 15.3. The first-order valence-corrected chi connectivity index (χ1v) is 7.07. The van der Waals surface area contributed by atoms with Crippen LogP contribution >= 0.6 is 0 Å². The van der Waals surface area contributed by atoms with Crippen LogP contribution in [0, 0.1) is 0 Å². The Morgan fingerprint density at radius 1 is 1.33 bits per heavy atom. The summed E-state index contributed by atoms with van der Waals surface area (Å²) in [5.41, 5.74) is 6.39. The molecule has 0 aliphatic carbocycles. The molecule has 0 aliphatic rings. The van der Waals surface area contributed by atoms with Crippen molar-refractivity contribution in [2.75, 3.05) is 12.3 Å². The van der Waals surface area contributed by atoms with E-state index >= 15 is 0 Å². The van der Waals surface area contributed by atoms with Gasteiger partial charge in [-0.1, -0.05) is 32.9 Å². The first kappa shape index (κ1) is 18.6. The highest BCUT2D eigenvalue weighted by Crippen LogP contribution is 2.24. The van der Waals surface area contributed by atoms with E-state index in [4.69, 9.17) is 15.0 Å². The van der Waals surface area contributed by atoms with Crippen LogP contribution in [-0.2, 0) is 4.74 Å². The molecule has 0 fully saturated rings. The standard InChI is InChI=1S/C11H11N3O3.2C2H6/c1-2-16-11(15)8-6-9(17-14-8)7-4-3-5-13-10(7)12;2*1-2/h3-6H,2H2,1H3,(H2,12,13);2*1-2H3. The predicted octanol–water partition coefficient (Wildman–Crippen LogP) is 3.55. The topological polar surface area (TPSA) is 91.2 Å². The Hall–Kier alpha value is -2.37. The Morgan fingerprint density at radius 3 is 2.57 bits per heavy atom. The number of nitrogen functional groups attached to an aromatic ring is 1. The largest absolute Gasteiger partial charge is 0.461 e. The number of esters is 1. The number of carbonyl (C=O) groups is 1. The maximum Gasteiger partial charge on any atom is 0.360 e. The van der Waals surface area contributed by atoms with Crippen LogP contribution in [0.1, 0.15) is 45.1 Å². The smallest absolute Gasteiger partial charge is 0.360 e. The van der Waals surface area contributed by atoms with E-state index in [1.54, 1.807) is 25.3 Å². The quantitative estimate of drug-likeness (QED) is 0.870. The van der Waals surface area contributed by atoms with E-state index in [-0.39, 0.29) is 12.3 Å². The van der Waals surface area contributed by atoms with Crippen LogP contribution < -0.4 is 5.73 Å². The fourth-order valence-electron chi connectivity index (χ4n) is 1.33. The van der Waals surface area contributed by atoms with Gasteiger partial charge in [0, 0.05) is 12.3 Å². The van der Waals surface area contributed by atoms with Gasteiger partial charge in [0.15, 0.2) is 11.5 Å². The summed E-state index contributed by atoms with van der Waals surface area (Å²) in [6.45, 7) is 10.0. The molecule has 0 aliphatic heterocycles. The molecular formula is C15H23N3O3. The van der Waals surface area contributed by atoms with Gasteiger partial charge < -0.3 is 15.0 Å². The Morgan fingerprint density at radius 2 is 2.00 bits per heavy atom. The minimum absolute atomic E-state index is 0.116. The number of ether oxygens (including phenoxy) is 1. The molecule has 0 radical (unpaired) electrons. The van der Waals surface area contributed by atoms with E-state index in [0.29, 0.717) is 17.1 Å². The number of anilines is 1. The third-order valence-electron chi connectivity index (χ3n) is 2.10. The van der Waals surface area contributed by atoms with Gasteiger partial charge in [-0.25, -0.2) is 9.78 Å². The molecule has 0 amide bonds. The van der Waals surface area contributed by atoms with Crippen LogP contribution in [0.15, 0.2) is 28.9 Å². The molecule has 6 heteroatoms. The first-order valence-electron chi connectivity index (χ1n) is 7.07. The maximum atomic E-state index is 11.4. The fraction of sp³-hybridized carbons (Fsp3) is 0.400. The Labute approximate surface area is 125 Å². The molecule has 0 saturated carbocycles. The van der Waals surface area contributed by atoms with Crippen LogP contribution in [0.3, 0.4) is 0 Å². The van der Waals surface area contributed by atoms with Crippen LogP contribution in [0.5, 0.6) is 0 Å². The molecular weight excluding hydrogens is 270 g/mol. The summed E-state index contributed by atoms with van der Waals surface area (Å²) in [7, 11) is 0. The maximum absolute atomic E-state index is 11.4. The van der Waals surface area contributed by atoms with Crippen molar-refractivity contribution in [2.45, 2.75) is 34.6 Å². The van der Waals surface area contributed by atoms with E-state index in [1.165, 1.54) is 6.07 Å². The number of hydrogen-bond donors (Lipinski definition) is 1. The molecule has 0 bridgehead atoms. The van der Waals surface area contributed by atoms with Crippen LogP contribution in [0.25, 0.3) is 11.3 Å². The van der Waals surface area contributed by atoms with E-state index in [0.717, 1.165) is 0 Å². The van der Waals surface area contributed by atoms with Gasteiger partial charge in [0.05, 0.1) is 12.2 Å². The zero-order valence-electron chi connectivity index (χ0n) is 13.2. The number of carbonyl (C=O) groups excluding carboxylic acids is 1. The average Bonchev–Trinajstić information content (AvgIpc) is 3.02. The summed E-state index contributed by atoms with van der Waals surface area (Å²) < 4.78 is 9.83. The highest BCUT2D eigenvalue weighted by Gasteiger charge is 2.15. The van der Waals surface area contributed by atoms with Gasteiger partial charge in [-0.3, -0.25) is 0 Å². The minimum atomic E-state index is -0.523. The third-order valence-corrected chi connectivity index (χ3v) is 2.10. The second kappa shape index (κ2) is 10.4. The Bertz CT molecular complexity index is 538. The van der Waals surface area contributed by atoms with Crippen LogP contribution in [-0.4, -0.2) is 22.7 Å². The molecule has 2 aromatic rings. The van der Waals surface area contributed by atoms with Crippen LogP contribution in [0.4, 0.5) is 5.82 Å². The van der Waals surface area contributed by atoms with Gasteiger partial charge in [-0.2, -0.15) is 0 Å². The van der Waals surface area contributed by atoms with Crippen molar-refractivity contribution in [3.8, 4) is 11.3 Å². The monoisotopic (exact) mass is 293 g/mol. The van der Waals surface area contributed by atoms with E-state index in [2.05, 4.69) is 10.1 Å². The van der Waals surface area contributed by atoms with Crippen molar-refractivity contribution in [3.63, 3.8) is 0 Å². The van der Waals surface area contributed by atoms with Crippen molar-refractivity contribution in [3.05, 3.63) is 30.1 Å². The molecule has 0 saturated heterocycles. The van der Waals surface area contributed by atoms with E-state index < -0.39 is 5.97 Å². The molecule has 116 valence electrons. The normalized spacial score (nSPS) is 8.81. The second-order valence-corrected chi connectivity index (χ2v) is 3.23. The van der Waals surface area contributed by atoms with Crippen molar-refractivity contribution < 1.29 is 14.1 Å². The second-order valence-electron chi connectivity index (χ2n) is 3.23. The molecule has 2 rings (SSSR count). The summed E-state index contributed by atoms with van der Waals surface area (Å²) in [6, 6.07) is 4.93. The van der Waals surface area contributed by atoms with Gasteiger partial charge in [0.2, 0.25) is 0 Å². The Balaban J connectivity index is 0.000000921. The predicted molar refractivity (Wildman–Crippen MR) is 82.8 cm³/mol. The number of nitrogens with zero attached hydrogens (tertiary/aromatic N) is 2. The zero-order chi connectivity index (χ0) is 16.3. The molecule has 6 nitrogen and oxygen atoms in total. The first-order chi connectivity index (χ1) is 10.2. The lowest BCUT2D eigenvalue weighted by molar-refractivity contribution is 0.0514. The van der Waals surface area contributed by atoms with Crippen molar-refractivity contribution in [1.82, 2.24) is 10.1 Å². The number of rotatable bonds is 3. The van der Waals surface area contributed by atoms with Gasteiger partial charge in [-0.15, -0.1) is 0 Å². The van der Waals surface area contributed by atoms with E-state index in [9.17, 15) is 4.79 Å². The Kier molecular flexibility index (Phi) is 9.25. The molecule has 2 aromatic heterocycles. The minimum Gasteiger partial charge on any atom is -0.461 e. The summed E-state index contributed by atoms with van der Waals surface area (Å²) >= 11 is 0. The lowest BCUT2D eigenvalue weighted by Crippen LogP contribution is -2.04. The van der Waals surface area contributed by atoms with Crippen LogP contribution in [0.2, 0.25) is 0 Å². The summed E-state index contributed by atoms with van der Waals surface area (Å²) in [5.74, 6) is 0.183. The van der Waals surface area contributed by atoms with Gasteiger partial charge in [0.25, 0.3) is 0 Å². The highest BCUT2D eigenvalue weighted by atomic mass is 16.5. The van der Waals surface area contributed by atoms with Gasteiger partial charge in [0.1, 0.15) is 5.82 Å². The zero-order valence-corrected chi connectivity index (χ0v) is 13.2. The molecule has 0 unspecified atom stereocenters. The molecule has 0 atom stereocenters. The molecule has 21 heavy (non-hydrogen) atoms. The summed E-state index contributed by atoms with van der Waals surface area (Å²) in [6.07, 6.45) is 1.57. The SMILES string of the molecule is CC.CC.CCOC(=O)c1cc(-c2cccnc2N)on1. The third kappa shape index (κ3) is 5.25. The molecule has 2 heterocycles. The van der Waals surface area contributed by atoms with Crippen molar-refractivity contribution in [1.29, 1.82) is 0 Å². The van der Waals surface area contributed by atoms with E-state index in [1.807, 2.05) is 27.7 Å². The lowest BCUT2D eigenvalue weighted by Gasteiger charge is -1.97. The number of nitrogens with two attached hydrogens (primary N) is 1. The average molecular weight is 293 g/mol. The van der Waals surface area contributed by atoms with Gasteiger partial charge >= 0.3 is 5.97 Å². The summed E-state index contributed by atoms with van der Waals surface area (Å²) in [5, 5.41) is 3.62. The molecule has 2 N–H and O–H groups in total. The number of aromatic nitrogens is 2. The highest BCUT2D eigenvalue weighted by molar-refractivity contribution is 5.88. The molecule has 0 aromatic carbocycles. The number of pyridine rings is 1. The lowest BCUT2D eigenvalue weighted by atomic mass is 10.2. The fourth-order valence-corrected chi connectivity index (χ4v) is 1.33.